The summed E-state index contributed by atoms with van der Waals surface area (Å²) in [6, 6.07) is 5.24. The number of anilines is 3. The first-order valence-electron chi connectivity index (χ1n) is 8.23. The predicted octanol–water partition coefficient (Wildman–Crippen LogP) is 3.63. The summed E-state index contributed by atoms with van der Waals surface area (Å²) in [5.41, 5.74) is -0.261. The van der Waals surface area contributed by atoms with E-state index < -0.39 is 17.8 Å². The van der Waals surface area contributed by atoms with Crippen LogP contribution in [0.25, 0.3) is 0 Å². The molecule has 1 aromatic carbocycles. The van der Waals surface area contributed by atoms with Crippen molar-refractivity contribution >= 4 is 23.5 Å². The fourth-order valence-corrected chi connectivity index (χ4v) is 2.21. The van der Waals surface area contributed by atoms with Gasteiger partial charge in [0, 0.05) is 30.6 Å². The van der Waals surface area contributed by atoms with Crippen LogP contribution in [0.4, 0.5) is 35.4 Å². The average Bonchev–Trinajstić information content (AvgIpc) is 2.57. The molecule has 0 spiro atoms. The molecule has 0 aliphatic rings. The lowest BCUT2D eigenvalue weighted by molar-refractivity contribution is -0.137. The number of aliphatic hydroxyl groups is 1. The molecule has 0 atom stereocenters. The molecule has 0 saturated carbocycles. The number of amides is 2. The van der Waals surface area contributed by atoms with Gasteiger partial charge in [-0.1, -0.05) is 6.07 Å². The van der Waals surface area contributed by atoms with Crippen molar-refractivity contribution in [2.24, 2.45) is 0 Å². The van der Waals surface area contributed by atoms with Crippen molar-refractivity contribution < 1.29 is 23.1 Å². The first kappa shape index (κ1) is 20.4. The van der Waals surface area contributed by atoms with E-state index in [4.69, 9.17) is 5.11 Å². The lowest BCUT2D eigenvalue weighted by Gasteiger charge is -2.11. The Bertz CT molecular complexity index is 783. The van der Waals surface area contributed by atoms with Crippen LogP contribution in [0.15, 0.2) is 30.3 Å². The molecule has 7 nitrogen and oxygen atoms in total. The van der Waals surface area contributed by atoms with Gasteiger partial charge in [-0.2, -0.15) is 18.2 Å². The van der Waals surface area contributed by atoms with E-state index in [2.05, 4.69) is 25.9 Å². The van der Waals surface area contributed by atoms with Crippen molar-refractivity contribution in [3.05, 3.63) is 41.6 Å². The van der Waals surface area contributed by atoms with Gasteiger partial charge >= 0.3 is 12.2 Å². The van der Waals surface area contributed by atoms with E-state index in [1.807, 2.05) is 0 Å². The highest BCUT2D eigenvalue weighted by atomic mass is 19.4. The van der Waals surface area contributed by atoms with Crippen LogP contribution in [0.1, 0.15) is 24.1 Å². The molecule has 0 radical (unpaired) electrons. The number of nitrogens with zero attached hydrogens (tertiary/aromatic N) is 2. The maximum absolute atomic E-state index is 12.7. The van der Waals surface area contributed by atoms with Crippen LogP contribution in [0.3, 0.4) is 0 Å². The van der Waals surface area contributed by atoms with Crippen LogP contribution >= 0.6 is 0 Å². The molecule has 2 rings (SSSR count). The van der Waals surface area contributed by atoms with Crippen molar-refractivity contribution in [3.63, 3.8) is 0 Å². The number of halogens is 3. The summed E-state index contributed by atoms with van der Waals surface area (Å²) in [5, 5.41) is 16.5. The summed E-state index contributed by atoms with van der Waals surface area (Å²) in [6.45, 7) is 2.41. The van der Waals surface area contributed by atoms with Crippen LogP contribution in [-0.2, 0) is 6.18 Å². The molecule has 2 aromatic rings. The second-order valence-electron chi connectivity index (χ2n) is 5.73. The molecular weight excluding hydrogens is 363 g/mol. The summed E-state index contributed by atoms with van der Waals surface area (Å²) in [7, 11) is 0. The van der Waals surface area contributed by atoms with Crippen LogP contribution in [0, 0.1) is 6.92 Å². The topological polar surface area (TPSA) is 99.2 Å². The zero-order valence-corrected chi connectivity index (χ0v) is 14.6. The summed E-state index contributed by atoms with van der Waals surface area (Å²) in [6.07, 6.45) is -3.09. The molecule has 27 heavy (non-hydrogen) atoms. The molecule has 1 aromatic heterocycles. The molecule has 4 N–H and O–H groups in total. The van der Waals surface area contributed by atoms with Crippen LogP contribution in [-0.4, -0.2) is 34.3 Å². The van der Waals surface area contributed by atoms with Crippen molar-refractivity contribution in [2.75, 3.05) is 29.1 Å². The van der Waals surface area contributed by atoms with Gasteiger partial charge in [0.25, 0.3) is 0 Å². The number of alkyl halides is 3. The van der Waals surface area contributed by atoms with Gasteiger partial charge < -0.3 is 15.7 Å². The SMILES string of the molecule is Cc1cc(NCCCCO)nc(NC(=O)Nc2cccc(C(F)(F)F)c2)n1. The van der Waals surface area contributed by atoms with Crippen LogP contribution in [0.2, 0.25) is 0 Å². The van der Waals surface area contributed by atoms with Crippen molar-refractivity contribution in [3.8, 4) is 0 Å². The second kappa shape index (κ2) is 9.17. The van der Waals surface area contributed by atoms with E-state index in [0.29, 0.717) is 24.5 Å². The fourth-order valence-electron chi connectivity index (χ4n) is 2.21. The maximum atomic E-state index is 12.7. The highest BCUT2D eigenvalue weighted by Crippen LogP contribution is 2.30. The zero-order chi connectivity index (χ0) is 19.9. The van der Waals surface area contributed by atoms with Crippen molar-refractivity contribution in [1.82, 2.24) is 9.97 Å². The Morgan fingerprint density at radius 3 is 2.63 bits per heavy atom. The number of urea groups is 1. The molecule has 10 heteroatoms. The van der Waals surface area contributed by atoms with E-state index in [0.717, 1.165) is 18.6 Å². The minimum absolute atomic E-state index is 0.00247. The monoisotopic (exact) mass is 383 g/mol. The van der Waals surface area contributed by atoms with Gasteiger partial charge in [-0.3, -0.25) is 5.32 Å². The number of hydrogen-bond donors (Lipinski definition) is 4. The molecule has 1 heterocycles. The normalized spacial score (nSPS) is 11.1. The van der Waals surface area contributed by atoms with Gasteiger partial charge in [0.05, 0.1) is 5.56 Å². The van der Waals surface area contributed by atoms with Gasteiger partial charge in [0.1, 0.15) is 5.82 Å². The average molecular weight is 383 g/mol. The van der Waals surface area contributed by atoms with E-state index >= 15 is 0 Å². The largest absolute Gasteiger partial charge is 0.416 e. The van der Waals surface area contributed by atoms with E-state index in [9.17, 15) is 18.0 Å². The summed E-state index contributed by atoms with van der Waals surface area (Å²) in [4.78, 5) is 20.2. The van der Waals surface area contributed by atoms with E-state index in [1.165, 1.54) is 12.1 Å². The summed E-state index contributed by atoms with van der Waals surface area (Å²) in [5.74, 6) is 0.513. The Labute approximate surface area is 154 Å². The van der Waals surface area contributed by atoms with Crippen molar-refractivity contribution in [2.45, 2.75) is 25.9 Å². The predicted molar refractivity (Wildman–Crippen MR) is 95.7 cm³/mol. The minimum atomic E-state index is -4.50. The lowest BCUT2D eigenvalue weighted by Crippen LogP contribution is -2.21. The fraction of sp³-hybridized carbons (Fsp3) is 0.353. The van der Waals surface area contributed by atoms with Crippen LogP contribution < -0.4 is 16.0 Å². The second-order valence-corrected chi connectivity index (χ2v) is 5.73. The number of carbonyl (C=O) groups excluding carboxylic acids is 1. The Kier molecular flexibility index (Phi) is 6.94. The van der Waals surface area contributed by atoms with Gasteiger partial charge in [0.15, 0.2) is 0 Å². The Morgan fingerprint density at radius 1 is 1.15 bits per heavy atom. The third-order valence-corrected chi connectivity index (χ3v) is 3.42. The molecule has 0 unspecified atom stereocenters. The summed E-state index contributed by atoms with van der Waals surface area (Å²) < 4.78 is 38.2. The molecular formula is C17H20F3N5O2. The number of aryl methyl sites for hydroxylation is 1. The van der Waals surface area contributed by atoms with Gasteiger partial charge in [0.2, 0.25) is 5.95 Å². The molecule has 0 saturated heterocycles. The lowest BCUT2D eigenvalue weighted by atomic mass is 10.2. The van der Waals surface area contributed by atoms with Crippen molar-refractivity contribution in [1.29, 1.82) is 0 Å². The Morgan fingerprint density at radius 2 is 1.93 bits per heavy atom. The van der Waals surface area contributed by atoms with Crippen LogP contribution in [0.5, 0.6) is 0 Å². The molecule has 0 bridgehead atoms. The minimum Gasteiger partial charge on any atom is -0.396 e. The Hall–Kier alpha value is -2.88. The highest BCUT2D eigenvalue weighted by molar-refractivity contribution is 5.98. The number of aromatic nitrogens is 2. The third-order valence-electron chi connectivity index (χ3n) is 3.42. The molecule has 0 aliphatic carbocycles. The first-order chi connectivity index (χ1) is 12.8. The summed E-state index contributed by atoms with van der Waals surface area (Å²) >= 11 is 0. The van der Waals surface area contributed by atoms with Gasteiger partial charge in [-0.25, -0.2) is 9.78 Å². The molecule has 0 aliphatic heterocycles. The number of carbonyl (C=O) groups is 1. The number of hydrogen-bond acceptors (Lipinski definition) is 5. The number of nitrogens with one attached hydrogen (secondary N) is 3. The maximum Gasteiger partial charge on any atom is 0.416 e. The Balaban J connectivity index is 2.00. The van der Waals surface area contributed by atoms with Gasteiger partial charge in [-0.15, -0.1) is 0 Å². The molecule has 2 amide bonds. The highest BCUT2D eigenvalue weighted by Gasteiger charge is 2.30. The van der Waals surface area contributed by atoms with Gasteiger partial charge in [-0.05, 0) is 38.0 Å². The van der Waals surface area contributed by atoms with E-state index in [1.54, 1.807) is 13.0 Å². The quantitative estimate of drug-likeness (QED) is 0.547. The third kappa shape index (κ3) is 6.74. The number of unbranched alkanes of at least 4 members (excludes halogenated alkanes) is 1. The number of aliphatic hydroxyl groups excluding tert-OH is 1. The zero-order valence-electron chi connectivity index (χ0n) is 14.6. The smallest absolute Gasteiger partial charge is 0.396 e. The number of benzene rings is 1. The van der Waals surface area contributed by atoms with E-state index in [-0.39, 0.29) is 18.2 Å². The molecule has 146 valence electrons. The first-order valence-corrected chi connectivity index (χ1v) is 8.23. The molecule has 0 fully saturated rings. The standard InChI is InChI=1S/C17H20F3N5O2/c1-11-9-14(21-7-2-3-8-26)24-15(22-11)25-16(27)23-13-6-4-5-12(10-13)17(18,19)20/h4-6,9-10,26H,2-3,7-8H2,1H3,(H3,21,22,23,24,25,27). The number of rotatable bonds is 7.